The molecule has 1 N–H and O–H groups in total. The highest BCUT2D eigenvalue weighted by atomic mass is 79.9. The van der Waals surface area contributed by atoms with E-state index in [1.54, 1.807) is 12.1 Å². The third-order valence-corrected chi connectivity index (χ3v) is 5.40. The lowest BCUT2D eigenvalue weighted by Gasteiger charge is -2.35. The summed E-state index contributed by atoms with van der Waals surface area (Å²) in [7, 11) is 1.91. The van der Waals surface area contributed by atoms with Crippen molar-refractivity contribution in [2.75, 3.05) is 7.05 Å². The van der Waals surface area contributed by atoms with Crippen LogP contribution in [0.25, 0.3) is 0 Å². The van der Waals surface area contributed by atoms with Gasteiger partial charge in [-0.15, -0.1) is 0 Å². The normalized spacial score (nSPS) is 28.4. The first kappa shape index (κ1) is 14.4. The summed E-state index contributed by atoms with van der Waals surface area (Å²) in [5.74, 6) is 0.0469. The molecule has 0 aliphatic carbocycles. The third kappa shape index (κ3) is 2.74. The predicted molar refractivity (Wildman–Crippen MR) is 84.2 cm³/mol. The van der Waals surface area contributed by atoms with E-state index < -0.39 is 0 Å². The highest BCUT2D eigenvalue weighted by Gasteiger charge is 2.36. The Kier molecular flexibility index (Phi) is 4.07. The van der Waals surface area contributed by atoms with Gasteiger partial charge in [0.15, 0.2) is 0 Å². The van der Waals surface area contributed by atoms with Crippen molar-refractivity contribution in [2.45, 2.75) is 43.8 Å². The van der Waals surface area contributed by atoms with Crippen LogP contribution in [0.5, 0.6) is 0 Å². The number of nitrogens with zero attached hydrogens (tertiary/aromatic N) is 1. The van der Waals surface area contributed by atoms with Crippen molar-refractivity contribution in [1.29, 1.82) is 0 Å². The second kappa shape index (κ2) is 5.66. The molecule has 2 unspecified atom stereocenters. The first-order chi connectivity index (χ1) is 9.54. The summed E-state index contributed by atoms with van der Waals surface area (Å²) < 4.78 is 0.802. The molecule has 0 radical (unpaired) electrons. The average molecular weight is 358 g/mol. The first-order valence-corrected chi connectivity index (χ1v) is 8.20. The van der Waals surface area contributed by atoms with Gasteiger partial charge in [-0.25, -0.2) is 0 Å². The molecule has 2 saturated heterocycles. The summed E-state index contributed by atoms with van der Waals surface area (Å²) in [4.78, 5) is 14.6. The van der Waals surface area contributed by atoms with E-state index in [0.29, 0.717) is 28.7 Å². The Bertz CT molecular complexity index is 525. The van der Waals surface area contributed by atoms with Crippen molar-refractivity contribution in [3.8, 4) is 0 Å². The summed E-state index contributed by atoms with van der Waals surface area (Å²) in [6.45, 7) is 0. The summed E-state index contributed by atoms with van der Waals surface area (Å²) in [6.07, 6.45) is 4.59. The molecule has 2 aliphatic heterocycles. The number of hydrogen-bond acceptors (Lipinski definition) is 2. The van der Waals surface area contributed by atoms with Gasteiger partial charge in [-0.05, 0) is 59.8 Å². The van der Waals surface area contributed by atoms with Gasteiger partial charge in [0.1, 0.15) is 0 Å². The van der Waals surface area contributed by atoms with Crippen LogP contribution in [0.1, 0.15) is 36.0 Å². The lowest BCUT2D eigenvalue weighted by Crippen LogP contribution is -2.48. The van der Waals surface area contributed by atoms with E-state index in [2.05, 4.69) is 21.2 Å². The molecule has 1 aromatic carbocycles. The molecule has 2 aliphatic rings. The fourth-order valence-electron chi connectivity index (χ4n) is 3.36. The maximum Gasteiger partial charge on any atom is 0.255 e. The zero-order valence-electron chi connectivity index (χ0n) is 11.4. The van der Waals surface area contributed by atoms with Gasteiger partial charge >= 0.3 is 0 Å². The predicted octanol–water partition coefficient (Wildman–Crippen LogP) is 3.46. The van der Waals surface area contributed by atoms with Gasteiger partial charge in [0.05, 0.1) is 5.56 Å². The van der Waals surface area contributed by atoms with Gasteiger partial charge < -0.3 is 10.2 Å². The molecular formula is C15H18BrClN2O. The maximum absolute atomic E-state index is 12.7. The largest absolute Gasteiger partial charge is 0.339 e. The Morgan fingerprint density at radius 1 is 1.35 bits per heavy atom. The van der Waals surface area contributed by atoms with Crippen molar-refractivity contribution in [3.63, 3.8) is 0 Å². The summed E-state index contributed by atoms with van der Waals surface area (Å²) in [6, 6.07) is 6.84. The van der Waals surface area contributed by atoms with Crippen LogP contribution < -0.4 is 5.32 Å². The molecule has 5 heteroatoms. The van der Waals surface area contributed by atoms with Crippen LogP contribution in [-0.2, 0) is 0 Å². The number of hydrogen-bond donors (Lipinski definition) is 1. The smallest absolute Gasteiger partial charge is 0.255 e. The van der Waals surface area contributed by atoms with Crippen LogP contribution in [0.3, 0.4) is 0 Å². The minimum Gasteiger partial charge on any atom is -0.339 e. The van der Waals surface area contributed by atoms with E-state index >= 15 is 0 Å². The number of halogens is 2. The second-order valence-corrected chi connectivity index (χ2v) is 7.09. The standard InChI is InChI=1S/C15H18BrClN2O/c1-19(12-7-10-3-4-11(8-12)18-10)15(20)13-6-9(17)2-5-14(13)16/h2,5-6,10-12,18H,3-4,7-8H2,1H3. The van der Waals surface area contributed by atoms with Crippen LogP contribution >= 0.6 is 27.5 Å². The van der Waals surface area contributed by atoms with Gasteiger partial charge in [-0.1, -0.05) is 11.6 Å². The van der Waals surface area contributed by atoms with E-state index in [4.69, 9.17) is 11.6 Å². The van der Waals surface area contributed by atoms with Crippen molar-refractivity contribution in [1.82, 2.24) is 10.2 Å². The lowest BCUT2D eigenvalue weighted by atomic mass is 9.98. The van der Waals surface area contributed by atoms with Crippen LogP contribution in [0, 0.1) is 0 Å². The molecule has 0 spiro atoms. The minimum absolute atomic E-state index is 0.0469. The Hall–Kier alpha value is -0.580. The minimum atomic E-state index is 0.0469. The quantitative estimate of drug-likeness (QED) is 0.879. The molecule has 0 aromatic heterocycles. The van der Waals surface area contributed by atoms with E-state index in [1.807, 2.05) is 18.0 Å². The summed E-state index contributed by atoms with van der Waals surface area (Å²) >= 11 is 9.45. The van der Waals surface area contributed by atoms with Crippen LogP contribution in [-0.4, -0.2) is 36.0 Å². The van der Waals surface area contributed by atoms with Gasteiger partial charge in [0, 0.05) is 34.7 Å². The zero-order valence-corrected chi connectivity index (χ0v) is 13.7. The van der Waals surface area contributed by atoms with Crippen molar-refractivity contribution >= 4 is 33.4 Å². The molecule has 1 amide bonds. The lowest BCUT2D eigenvalue weighted by molar-refractivity contribution is 0.0681. The fraction of sp³-hybridized carbons (Fsp3) is 0.533. The SMILES string of the molecule is CN(C(=O)c1cc(Cl)ccc1Br)C1CC2CCC(C1)N2. The third-order valence-electron chi connectivity index (χ3n) is 4.48. The van der Waals surface area contributed by atoms with E-state index in [1.165, 1.54) is 12.8 Å². The zero-order chi connectivity index (χ0) is 14.3. The summed E-state index contributed by atoms with van der Waals surface area (Å²) in [5, 5.41) is 4.20. The molecule has 2 heterocycles. The Labute approximate surface area is 132 Å². The highest BCUT2D eigenvalue weighted by molar-refractivity contribution is 9.10. The van der Waals surface area contributed by atoms with Gasteiger partial charge in [0.25, 0.3) is 5.91 Å². The van der Waals surface area contributed by atoms with Crippen molar-refractivity contribution in [2.24, 2.45) is 0 Å². The number of piperidine rings is 1. The van der Waals surface area contributed by atoms with E-state index in [-0.39, 0.29) is 5.91 Å². The number of benzene rings is 1. The Balaban J connectivity index is 1.78. The van der Waals surface area contributed by atoms with E-state index in [9.17, 15) is 4.79 Å². The molecular weight excluding hydrogens is 340 g/mol. The van der Waals surface area contributed by atoms with Crippen molar-refractivity contribution in [3.05, 3.63) is 33.3 Å². The number of amides is 1. The van der Waals surface area contributed by atoms with Crippen LogP contribution in [0.15, 0.2) is 22.7 Å². The molecule has 20 heavy (non-hydrogen) atoms. The Morgan fingerprint density at radius 3 is 2.65 bits per heavy atom. The molecule has 108 valence electrons. The number of rotatable bonds is 2. The molecule has 2 bridgehead atoms. The van der Waals surface area contributed by atoms with Gasteiger partial charge in [0.2, 0.25) is 0 Å². The first-order valence-electron chi connectivity index (χ1n) is 7.03. The van der Waals surface area contributed by atoms with Crippen LogP contribution in [0.4, 0.5) is 0 Å². The topological polar surface area (TPSA) is 32.3 Å². The average Bonchev–Trinajstić information content (AvgIpc) is 2.78. The molecule has 0 saturated carbocycles. The van der Waals surface area contributed by atoms with Crippen molar-refractivity contribution < 1.29 is 4.79 Å². The monoisotopic (exact) mass is 356 g/mol. The summed E-state index contributed by atoms with van der Waals surface area (Å²) in [5.41, 5.74) is 0.644. The number of carbonyl (C=O) groups excluding carboxylic acids is 1. The second-order valence-electron chi connectivity index (χ2n) is 5.80. The molecule has 1 aromatic rings. The molecule has 2 fully saturated rings. The van der Waals surface area contributed by atoms with Gasteiger partial charge in [-0.3, -0.25) is 4.79 Å². The molecule has 2 atom stereocenters. The Morgan fingerprint density at radius 2 is 2.00 bits per heavy atom. The number of nitrogens with one attached hydrogen (secondary N) is 1. The van der Waals surface area contributed by atoms with E-state index in [0.717, 1.165) is 17.3 Å². The maximum atomic E-state index is 12.7. The number of carbonyl (C=O) groups is 1. The highest BCUT2D eigenvalue weighted by Crippen LogP contribution is 2.31. The molecule has 3 rings (SSSR count). The molecule has 3 nitrogen and oxygen atoms in total. The fourth-order valence-corrected chi connectivity index (χ4v) is 3.95. The van der Waals surface area contributed by atoms with Gasteiger partial charge in [-0.2, -0.15) is 0 Å². The number of fused-ring (bicyclic) bond motifs is 2. The van der Waals surface area contributed by atoms with Crippen LogP contribution in [0.2, 0.25) is 5.02 Å².